The number of hydrogen-bond donors (Lipinski definition) is 1. The number of rotatable bonds is 6. The minimum absolute atomic E-state index is 0.0500. The fraction of sp³-hybridized carbons (Fsp3) is 0.267. The van der Waals surface area contributed by atoms with Crippen LogP contribution in [0.25, 0.3) is 10.2 Å². The summed E-state index contributed by atoms with van der Waals surface area (Å²) < 4.78 is 7.41. The molecule has 0 saturated heterocycles. The first kappa shape index (κ1) is 15.8. The Morgan fingerprint density at radius 1 is 1.48 bits per heavy atom. The van der Waals surface area contributed by atoms with E-state index in [0.717, 1.165) is 0 Å². The van der Waals surface area contributed by atoms with Crippen LogP contribution in [-0.4, -0.2) is 21.2 Å². The number of hydrogen-bond acceptors (Lipinski definition) is 6. The fourth-order valence-electron chi connectivity index (χ4n) is 2.09. The second kappa shape index (κ2) is 7.01. The van der Waals surface area contributed by atoms with E-state index in [0.29, 0.717) is 34.2 Å². The van der Waals surface area contributed by atoms with E-state index in [1.165, 1.54) is 23.1 Å². The zero-order valence-corrected chi connectivity index (χ0v) is 14.1. The van der Waals surface area contributed by atoms with Crippen LogP contribution in [-0.2, 0) is 17.9 Å². The van der Waals surface area contributed by atoms with Crippen molar-refractivity contribution in [1.82, 2.24) is 14.9 Å². The van der Waals surface area contributed by atoms with Gasteiger partial charge in [-0.3, -0.25) is 14.2 Å². The lowest BCUT2D eigenvalue weighted by atomic mass is 10.4. The van der Waals surface area contributed by atoms with E-state index in [9.17, 15) is 9.59 Å². The van der Waals surface area contributed by atoms with E-state index in [4.69, 9.17) is 4.42 Å². The van der Waals surface area contributed by atoms with Gasteiger partial charge in [0.2, 0.25) is 5.91 Å². The molecule has 120 valence electrons. The molecule has 3 heterocycles. The van der Waals surface area contributed by atoms with Gasteiger partial charge in [-0.25, -0.2) is 4.98 Å². The molecule has 0 aliphatic heterocycles. The van der Waals surface area contributed by atoms with Gasteiger partial charge in [-0.1, -0.05) is 11.8 Å². The van der Waals surface area contributed by atoms with Crippen molar-refractivity contribution in [3.8, 4) is 0 Å². The van der Waals surface area contributed by atoms with Gasteiger partial charge in [-0.15, -0.1) is 11.3 Å². The van der Waals surface area contributed by atoms with Gasteiger partial charge >= 0.3 is 0 Å². The van der Waals surface area contributed by atoms with E-state index in [1.807, 2.05) is 18.4 Å². The Hall–Kier alpha value is -2.06. The normalized spacial score (nSPS) is 11.0. The molecule has 3 aromatic heterocycles. The molecule has 3 aromatic rings. The summed E-state index contributed by atoms with van der Waals surface area (Å²) in [5.41, 5.74) is 0.634. The number of carbonyl (C=O) groups is 1. The van der Waals surface area contributed by atoms with Crippen molar-refractivity contribution in [3.05, 3.63) is 46.0 Å². The highest BCUT2D eigenvalue weighted by Crippen LogP contribution is 2.20. The molecule has 1 amide bonds. The molecule has 0 spiro atoms. The highest BCUT2D eigenvalue weighted by Gasteiger charge is 2.13. The molecule has 1 N–H and O–H groups in total. The van der Waals surface area contributed by atoms with Crippen LogP contribution >= 0.6 is 23.1 Å². The maximum Gasteiger partial charge on any atom is 0.272 e. The fourth-order valence-corrected chi connectivity index (χ4v) is 3.76. The van der Waals surface area contributed by atoms with Crippen molar-refractivity contribution >= 4 is 39.2 Å². The predicted molar refractivity (Wildman–Crippen MR) is 90.8 cm³/mol. The molecule has 8 heteroatoms. The second-order valence-electron chi connectivity index (χ2n) is 4.72. The molecule has 0 aromatic carbocycles. The van der Waals surface area contributed by atoms with Gasteiger partial charge in [0.15, 0.2) is 5.16 Å². The molecule has 0 aliphatic carbocycles. The van der Waals surface area contributed by atoms with Crippen LogP contribution < -0.4 is 10.9 Å². The predicted octanol–water partition coefficient (Wildman–Crippen LogP) is 2.48. The Morgan fingerprint density at radius 3 is 3.09 bits per heavy atom. The quantitative estimate of drug-likeness (QED) is 0.546. The average Bonchev–Trinajstić information content (AvgIpc) is 3.22. The van der Waals surface area contributed by atoms with Crippen LogP contribution in [0.4, 0.5) is 0 Å². The molecule has 0 unspecified atom stereocenters. The van der Waals surface area contributed by atoms with Gasteiger partial charge in [0.05, 0.1) is 24.1 Å². The number of furan rings is 1. The summed E-state index contributed by atoms with van der Waals surface area (Å²) >= 11 is 2.65. The third-order valence-corrected chi connectivity index (χ3v) is 5.09. The summed E-state index contributed by atoms with van der Waals surface area (Å²) in [4.78, 5) is 28.8. The minimum atomic E-state index is -0.131. The number of aromatic nitrogens is 2. The molecule has 23 heavy (non-hydrogen) atoms. The maximum absolute atomic E-state index is 12.4. The average molecular weight is 349 g/mol. The topological polar surface area (TPSA) is 77.1 Å². The van der Waals surface area contributed by atoms with Crippen molar-refractivity contribution in [2.24, 2.45) is 0 Å². The molecule has 0 fully saturated rings. The summed E-state index contributed by atoms with van der Waals surface area (Å²) in [7, 11) is 0. The van der Waals surface area contributed by atoms with E-state index < -0.39 is 0 Å². The summed E-state index contributed by atoms with van der Waals surface area (Å²) in [6.45, 7) is 2.77. The summed E-state index contributed by atoms with van der Waals surface area (Å²) in [6, 6.07) is 5.40. The highest BCUT2D eigenvalue weighted by atomic mass is 32.2. The number of amides is 1. The summed E-state index contributed by atoms with van der Waals surface area (Å²) in [5.74, 6) is 0.767. The van der Waals surface area contributed by atoms with Crippen molar-refractivity contribution in [2.45, 2.75) is 25.2 Å². The number of nitrogens with one attached hydrogen (secondary N) is 1. The Labute approximate surface area is 140 Å². The van der Waals surface area contributed by atoms with Gasteiger partial charge in [0.1, 0.15) is 10.5 Å². The zero-order valence-electron chi connectivity index (χ0n) is 12.4. The number of thiophene rings is 1. The molecule has 0 radical (unpaired) electrons. The van der Waals surface area contributed by atoms with Crippen LogP contribution in [0.15, 0.2) is 44.2 Å². The molecule has 3 rings (SSSR count). The van der Waals surface area contributed by atoms with Crippen LogP contribution in [0.2, 0.25) is 0 Å². The third-order valence-electron chi connectivity index (χ3n) is 3.22. The molecular formula is C15H15N3O3S2. The number of carbonyl (C=O) groups excluding carboxylic acids is 1. The zero-order chi connectivity index (χ0) is 16.2. The Kier molecular flexibility index (Phi) is 4.82. The van der Waals surface area contributed by atoms with Gasteiger partial charge < -0.3 is 9.73 Å². The lowest BCUT2D eigenvalue weighted by molar-refractivity contribution is -0.118. The molecule has 6 nitrogen and oxygen atoms in total. The lowest BCUT2D eigenvalue weighted by Gasteiger charge is -2.09. The summed E-state index contributed by atoms with van der Waals surface area (Å²) in [5, 5.41) is 5.19. The lowest BCUT2D eigenvalue weighted by Crippen LogP contribution is -2.26. The first-order chi connectivity index (χ1) is 11.2. The molecular weight excluding hydrogens is 334 g/mol. The van der Waals surface area contributed by atoms with Crippen molar-refractivity contribution in [3.63, 3.8) is 0 Å². The van der Waals surface area contributed by atoms with E-state index in [2.05, 4.69) is 10.3 Å². The molecule has 0 aliphatic rings. The minimum Gasteiger partial charge on any atom is -0.467 e. The van der Waals surface area contributed by atoms with Gasteiger partial charge in [-0.2, -0.15) is 0 Å². The SMILES string of the molecule is CCn1c(SCC(=O)NCc2ccco2)nc2ccsc2c1=O. The Morgan fingerprint density at radius 2 is 2.35 bits per heavy atom. The van der Waals surface area contributed by atoms with Crippen LogP contribution in [0.5, 0.6) is 0 Å². The van der Waals surface area contributed by atoms with Gasteiger partial charge in [0, 0.05) is 6.54 Å². The molecule has 0 saturated carbocycles. The number of fused-ring (bicyclic) bond motifs is 1. The monoisotopic (exact) mass is 349 g/mol. The smallest absolute Gasteiger partial charge is 0.272 e. The van der Waals surface area contributed by atoms with Crippen molar-refractivity contribution in [1.29, 1.82) is 0 Å². The first-order valence-corrected chi connectivity index (χ1v) is 8.95. The van der Waals surface area contributed by atoms with Gasteiger partial charge in [0.25, 0.3) is 5.56 Å². The third kappa shape index (κ3) is 3.48. The van der Waals surface area contributed by atoms with Crippen molar-refractivity contribution in [2.75, 3.05) is 5.75 Å². The number of thioether (sulfide) groups is 1. The molecule has 0 bridgehead atoms. The first-order valence-electron chi connectivity index (χ1n) is 7.09. The second-order valence-corrected chi connectivity index (χ2v) is 6.58. The molecule has 0 atom stereocenters. The van der Waals surface area contributed by atoms with Gasteiger partial charge in [-0.05, 0) is 30.5 Å². The maximum atomic E-state index is 12.4. The largest absolute Gasteiger partial charge is 0.467 e. The summed E-state index contributed by atoms with van der Waals surface area (Å²) in [6.07, 6.45) is 1.57. The Bertz CT molecular complexity index is 868. The number of nitrogens with zero attached hydrogens (tertiary/aromatic N) is 2. The van der Waals surface area contributed by atoms with E-state index >= 15 is 0 Å². The highest BCUT2D eigenvalue weighted by molar-refractivity contribution is 7.99. The van der Waals surface area contributed by atoms with Crippen LogP contribution in [0.1, 0.15) is 12.7 Å². The van der Waals surface area contributed by atoms with E-state index in [1.54, 1.807) is 23.0 Å². The van der Waals surface area contributed by atoms with Crippen LogP contribution in [0.3, 0.4) is 0 Å². The Balaban J connectivity index is 1.68. The van der Waals surface area contributed by atoms with E-state index in [-0.39, 0.29) is 17.2 Å². The van der Waals surface area contributed by atoms with Crippen LogP contribution in [0, 0.1) is 0 Å². The standard InChI is InChI=1S/C15H15N3O3S2/c1-2-18-14(20)13-11(5-7-22-13)17-15(18)23-9-12(19)16-8-10-4-3-6-21-10/h3-7H,2,8-9H2,1H3,(H,16,19). The van der Waals surface area contributed by atoms with Crippen molar-refractivity contribution < 1.29 is 9.21 Å².